The fourth-order valence-electron chi connectivity index (χ4n) is 1.12. The minimum atomic E-state index is -3.70. The maximum absolute atomic E-state index is 11.4. The number of sulfonamides is 1. The molecule has 0 heterocycles. The summed E-state index contributed by atoms with van der Waals surface area (Å²) in [6, 6.07) is 5.96. The van der Waals surface area contributed by atoms with E-state index in [4.69, 9.17) is 10.5 Å². The van der Waals surface area contributed by atoms with Crippen LogP contribution in [0.5, 0.6) is 5.75 Å². The molecule has 0 aromatic heterocycles. The van der Waals surface area contributed by atoms with Crippen molar-refractivity contribution in [3.8, 4) is 5.75 Å². The summed E-state index contributed by atoms with van der Waals surface area (Å²) in [7, 11) is -2.38. The van der Waals surface area contributed by atoms with Crippen LogP contribution in [0, 0.1) is 0 Å². The molecule has 1 rings (SSSR count). The van der Waals surface area contributed by atoms with E-state index in [1.807, 2.05) is 4.72 Å². The lowest BCUT2D eigenvalue weighted by molar-refractivity contribution is 0.247. The van der Waals surface area contributed by atoms with Gasteiger partial charge in [0.05, 0.1) is 5.69 Å². The van der Waals surface area contributed by atoms with Crippen LogP contribution in [0.2, 0.25) is 0 Å². The van der Waals surface area contributed by atoms with Gasteiger partial charge in [-0.3, -0.25) is 0 Å². The van der Waals surface area contributed by atoms with Crippen LogP contribution >= 0.6 is 0 Å². The molecular weight excluding hydrogens is 258 g/mol. The standard InChI is InChI=1S/C10H15N3O4S/c1-12-10(14)13-18(15,16)7-6-17-9-5-3-2-4-8(9)11/h2-5H,6-7,11H2,1H3,(H2,12,13,14). The molecular formula is C10H15N3O4S. The molecule has 0 unspecified atom stereocenters. The number of para-hydroxylation sites is 2. The van der Waals surface area contributed by atoms with Gasteiger partial charge in [-0.15, -0.1) is 0 Å². The predicted octanol–water partition coefficient (Wildman–Crippen LogP) is -0.0936. The summed E-state index contributed by atoms with van der Waals surface area (Å²) in [5.74, 6) is 0.0713. The minimum absolute atomic E-state index is 0.0967. The molecule has 7 nitrogen and oxygen atoms in total. The second-order valence-electron chi connectivity index (χ2n) is 3.39. The quantitative estimate of drug-likeness (QED) is 0.649. The summed E-state index contributed by atoms with van der Waals surface area (Å²) in [6.07, 6.45) is 0. The lowest BCUT2D eigenvalue weighted by Crippen LogP contribution is -2.39. The molecule has 18 heavy (non-hydrogen) atoms. The summed E-state index contributed by atoms with van der Waals surface area (Å²) in [5.41, 5.74) is 6.04. The first-order valence-corrected chi connectivity index (χ1v) is 6.79. The van der Waals surface area contributed by atoms with Gasteiger partial charge in [0.1, 0.15) is 18.1 Å². The highest BCUT2D eigenvalue weighted by Gasteiger charge is 2.13. The van der Waals surface area contributed by atoms with Crippen LogP contribution in [0.25, 0.3) is 0 Å². The molecule has 4 N–H and O–H groups in total. The van der Waals surface area contributed by atoms with Crippen LogP contribution in [0.15, 0.2) is 24.3 Å². The Morgan fingerprint density at radius 1 is 1.39 bits per heavy atom. The molecule has 0 aliphatic carbocycles. The van der Waals surface area contributed by atoms with Crippen LogP contribution in [-0.2, 0) is 10.0 Å². The van der Waals surface area contributed by atoms with Crippen molar-refractivity contribution in [2.75, 3.05) is 25.1 Å². The van der Waals surface area contributed by atoms with Crippen molar-refractivity contribution in [1.82, 2.24) is 10.0 Å². The van der Waals surface area contributed by atoms with Crippen molar-refractivity contribution in [3.05, 3.63) is 24.3 Å². The molecule has 1 aromatic rings. The summed E-state index contributed by atoms with van der Waals surface area (Å²) >= 11 is 0. The molecule has 0 bridgehead atoms. The Hall–Kier alpha value is -1.96. The summed E-state index contributed by atoms with van der Waals surface area (Å²) in [6.45, 7) is -0.0967. The number of urea groups is 1. The number of rotatable bonds is 5. The first kappa shape index (κ1) is 14.1. The van der Waals surface area contributed by atoms with E-state index in [2.05, 4.69) is 5.32 Å². The lowest BCUT2D eigenvalue weighted by Gasteiger charge is -2.09. The maximum Gasteiger partial charge on any atom is 0.328 e. The van der Waals surface area contributed by atoms with Gasteiger partial charge in [-0.2, -0.15) is 0 Å². The third kappa shape index (κ3) is 4.50. The highest BCUT2D eigenvalue weighted by atomic mass is 32.2. The molecule has 0 saturated heterocycles. The fourth-order valence-corrected chi connectivity index (χ4v) is 1.91. The monoisotopic (exact) mass is 273 g/mol. The van der Waals surface area contributed by atoms with Gasteiger partial charge in [0.15, 0.2) is 0 Å². The highest BCUT2D eigenvalue weighted by molar-refractivity contribution is 7.90. The number of carbonyl (C=O) groups excluding carboxylic acids is 1. The van der Waals surface area contributed by atoms with Crippen molar-refractivity contribution in [1.29, 1.82) is 0 Å². The SMILES string of the molecule is CNC(=O)NS(=O)(=O)CCOc1ccccc1N. The van der Waals surface area contributed by atoms with Gasteiger partial charge >= 0.3 is 6.03 Å². The second-order valence-corrected chi connectivity index (χ2v) is 5.23. The van der Waals surface area contributed by atoms with Crippen LogP contribution in [0.1, 0.15) is 0 Å². The number of hydrogen-bond donors (Lipinski definition) is 3. The van der Waals surface area contributed by atoms with Crippen LogP contribution < -0.4 is 20.5 Å². The first-order valence-electron chi connectivity index (χ1n) is 5.14. The third-order valence-electron chi connectivity index (χ3n) is 2.00. The maximum atomic E-state index is 11.4. The van der Waals surface area contributed by atoms with E-state index in [0.29, 0.717) is 11.4 Å². The Morgan fingerprint density at radius 3 is 2.67 bits per heavy atom. The van der Waals surface area contributed by atoms with Crippen molar-refractivity contribution in [2.45, 2.75) is 0 Å². The molecule has 0 atom stereocenters. The smallest absolute Gasteiger partial charge is 0.328 e. The zero-order valence-electron chi connectivity index (χ0n) is 9.84. The van der Waals surface area contributed by atoms with Gasteiger partial charge in [0.25, 0.3) is 0 Å². The summed E-state index contributed by atoms with van der Waals surface area (Å²) < 4.78 is 29.8. The molecule has 0 saturated carbocycles. The molecule has 0 aliphatic heterocycles. The molecule has 2 amide bonds. The Balaban J connectivity index is 2.47. The molecule has 0 spiro atoms. The van der Waals surface area contributed by atoms with E-state index < -0.39 is 16.1 Å². The van der Waals surface area contributed by atoms with E-state index in [1.165, 1.54) is 7.05 Å². The molecule has 0 radical (unpaired) electrons. The van der Waals surface area contributed by atoms with E-state index >= 15 is 0 Å². The van der Waals surface area contributed by atoms with E-state index in [9.17, 15) is 13.2 Å². The highest BCUT2D eigenvalue weighted by Crippen LogP contribution is 2.19. The topological polar surface area (TPSA) is 111 Å². The number of hydrogen-bond acceptors (Lipinski definition) is 5. The third-order valence-corrected chi connectivity index (χ3v) is 3.20. The second kappa shape index (κ2) is 6.10. The van der Waals surface area contributed by atoms with Gasteiger partial charge < -0.3 is 15.8 Å². The summed E-state index contributed by atoms with van der Waals surface area (Å²) in [5, 5.41) is 2.15. The predicted molar refractivity (Wildman–Crippen MR) is 67.7 cm³/mol. The van der Waals surface area contributed by atoms with E-state index in [-0.39, 0.29) is 12.4 Å². The van der Waals surface area contributed by atoms with Crippen LogP contribution in [0.3, 0.4) is 0 Å². The fraction of sp³-hybridized carbons (Fsp3) is 0.300. The van der Waals surface area contributed by atoms with E-state index in [1.54, 1.807) is 24.3 Å². The van der Waals surface area contributed by atoms with E-state index in [0.717, 1.165) is 0 Å². The number of benzene rings is 1. The molecule has 100 valence electrons. The number of carbonyl (C=O) groups is 1. The van der Waals surface area contributed by atoms with Gasteiger partial charge in [-0.25, -0.2) is 17.9 Å². The minimum Gasteiger partial charge on any atom is -0.490 e. The van der Waals surface area contributed by atoms with Crippen LogP contribution in [-0.4, -0.2) is 33.9 Å². The van der Waals surface area contributed by atoms with Crippen LogP contribution in [0.4, 0.5) is 10.5 Å². The molecule has 0 fully saturated rings. The average molecular weight is 273 g/mol. The summed E-state index contributed by atoms with van der Waals surface area (Å²) in [4.78, 5) is 10.9. The van der Waals surface area contributed by atoms with Crippen molar-refractivity contribution in [2.24, 2.45) is 0 Å². The van der Waals surface area contributed by atoms with Gasteiger partial charge in [0.2, 0.25) is 10.0 Å². The number of ether oxygens (including phenoxy) is 1. The van der Waals surface area contributed by atoms with Gasteiger partial charge in [-0.05, 0) is 12.1 Å². The van der Waals surface area contributed by atoms with Gasteiger partial charge in [-0.1, -0.05) is 12.1 Å². The Morgan fingerprint density at radius 2 is 2.06 bits per heavy atom. The van der Waals surface area contributed by atoms with Gasteiger partial charge in [0, 0.05) is 7.05 Å². The Kier molecular flexibility index (Phi) is 4.78. The largest absolute Gasteiger partial charge is 0.490 e. The normalized spacial score (nSPS) is 10.7. The number of amides is 2. The Bertz CT molecular complexity index is 516. The molecule has 1 aromatic carbocycles. The molecule has 8 heteroatoms. The number of nitrogens with one attached hydrogen (secondary N) is 2. The lowest BCUT2D eigenvalue weighted by atomic mass is 10.3. The number of anilines is 1. The van der Waals surface area contributed by atoms with Crippen molar-refractivity contribution in [3.63, 3.8) is 0 Å². The Labute approximate surface area is 105 Å². The molecule has 0 aliphatic rings. The number of nitrogens with two attached hydrogens (primary N) is 1. The van der Waals surface area contributed by atoms with Crippen molar-refractivity contribution >= 4 is 21.7 Å². The van der Waals surface area contributed by atoms with Crippen molar-refractivity contribution < 1.29 is 17.9 Å². The zero-order chi connectivity index (χ0) is 13.6. The average Bonchev–Trinajstić information content (AvgIpc) is 2.30. The number of nitrogen functional groups attached to an aromatic ring is 1. The zero-order valence-corrected chi connectivity index (χ0v) is 10.7. The first-order chi connectivity index (χ1) is 8.44.